The third-order valence-corrected chi connectivity index (χ3v) is 13.1. The number of piperazine rings is 1. The summed E-state index contributed by atoms with van der Waals surface area (Å²) in [5.41, 5.74) is 5.31. The van der Waals surface area contributed by atoms with Crippen molar-refractivity contribution in [3.8, 4) is 17.0 Å². The van der Waals surface area contributed by atoms with Crippen LogP contribution >= 0.6 is 0 Å². The number of hydrogen-bond acceptors (Lipinski definition) is 6. The molecule has 5 aliphatic rings. The second-order valence-corrected chi connectivity index (χ2v) is 16.3. The molecule has 11 heteroatoms. The van der Waals surface area contributed by atoms with Crippen molar-refractivity contribution in [2.45, 2.75) is 75.4 Å². The molecule has 1 N–H and O–H groups in total. The van der Waals surface area contributed by atoms with Gasteiger partial charge >= 0.3 is 10.2 Å². The van der Waals surface area contributed by atoms with Crippen molar-refractivity contribution in [2.75, 3.05) is 41.3 Å². The number of carbonyl (C=O) groups is 2. The van der Waals surface area contributed by atoms with Crippen LogP contribution in [0.4, 0.5) is 0 Å². The Balaban J connectivity index is 1.32. The van der Waals surface area contributed by atoms with Gasteiger partial charge in [0.1, 0.15) is 5.75 Å². The van der Waals surface area contributed by atoms with Crippen LogP contribution in [0.5, 0.6) is 5.75 Å². The molecule has 2 aliphatic carbocycles. The summed E-state index contributed by atoms with van der Waals surface area (Å²) < 4.78 is 36.3. The summed E-state index contributed by atoms with van der Waals surface area (Å²) in [6.07, 6.45) is 7.58. The Morgan fingerprint density at radius 2 is 1.80 bits per heavy atom. The van der Waals surface area contributed by atoms with Crippen LogP contribution < -0.4 is 9.46 Å². The summed E-state index contributed by atoms with van der Waals surface area (Å²) in [6.45, 7) is 2.22. The summed E-state index contributed by atoms with van der Waals surface area (Å²) in [4.78, 5) is 32.6. The van der Waals surface area contributed by atoms with E-state index < -0.39 is 21.5 Å². The first kappa shape index (κ1) is 30.0. The highest BCUT2D eigenvalue weighted by molar-refractivity contribution is 7.87. The van der Waals surface area contributed by atoms with Crippen molar-refractivity contribution in [1.82, 2.24) is 23.4 Å². The smallest absolute Gasteiger partial charge is 0.303 e. The molecule has 2 bridgehead atoms. The Hall–Kier alpha value is -3.41. The zero-order chi connectivity index (χ0) is 32.1. The Bertz CT molecular complexity index is 1880. The second-order valence-electron chi connectivity index (χ2n) is 14.4. The lowest BCUT2D eigenvalue weighted by molar-refractivity contribution is -0.140. The molecule has 1 aromatic heterocycles. The van der Waals surface area contributed by atoms with Gasteiger partial charge in [-0.3, -0.25) is 14.5 Å². The predicted octanol–water partition coefficient (Wildman–Crippen LogP) is 4.30. The van der Waals surface area contributed by atoms with Crippen molar-refractivity contribution in [3.05, 3.63) is 53.1 Å². The van der Waals surface area contributed by atoms with Crippen molar-refractivity contribution in [2.24, 2.45) is 5.41 Å². The first-order valence-corrected chi connectivity index (χ1v) is 18.1. The fourth-order valence-electron chi connectivity index (χ4n) is 9.09. The molecule has 2 aromatic carbocycles. The molecule has 0 spiro atoms. The molecule has 10 nitrogen and oxygen atoms in total. The largest absolute Gasteiger partial charge is 0.497 e. The molecule has 2 unspecified atom stereocenters. The van der Waals surface area contributed by atoms with Gasteiger partial charge in [-0.2, -0.15) is 12.7 Å². The quantitative estimate of drug-likeness (QED) is 0.429. The number of amides is 2. The van der Waals surface area contributed by atoms with Crippen LogP contribution in [0.15, 0.2) is 36.4 Å². The van der Waals surface area contributed by atoms with Gasteiger partial charge in [-0.05, 0) is 80.1 Å². The van der Waals surface area contributed by atoms with Crippen molar-refractivity contribution >= 4 is 32.9 Å². The van der Waals surface area contributed by atoms with Crippen LogP contribution in [0.25, 0.3) is 22.2 Å². The molecule has 4 heterocycles. The highest BCUT2D eigenvalue weighted by Crippen LogP contribution is 2.66. The van der Waals surface area contributed by atoms with E-state index in [1.807, 2.05) is 18.2 Å². The molecule has 4 atom stereocenters. The highest BCUT2D eigenvalue weighted by Gasteiger charge is 2.65. The maximum absolute atomic E-state index is 14.8. The number of carbonyl (C=O) groups excluding carboxylic acids is 2. The number of nitrogens with zero attached hydrogens (tertiary/aromatic N) is 4. The van der Waals surface area contributed by atoms with E-state index in [-0.39, 0.29) is 23.4 Å². The Labute approximate surface area is 270 Å². The molecular formula is C35H43N5O5S. The topological polar surface area (TPSA) is 104 Å². The molecule has 2 saturated heterocycles. The lowest BCUT2D eigenvalue weighted by atomic mass is 9.81. The number of nitrogens with one attached hydrogen (secondary N) is 1. The van der Waals surface area contributed by atoms with Crippen LogP contribution in [0.3, 0.4) is 0 Å². The number of aromatic nitrogens is 1. The van der Waals surface area contributed by atoms with Crippen LogP contribution in [-0.4, -0.2) is 92.3 Å². The van der Waals surface area contributed by atoms with Gasteiger partial charge in [-0.15, -0.1) is 0 Å². The first-order valence-electron chi connectivity index (χ1n) is 16.6. The molecule has 2 saturated carbocycles. The standard InChI is InChI=1S/C35H43N5O5S/c1-37(2)46(43,44)36-33(41)22-10-12-27-30(14-22)40-20-35(34(42)39-19-23-15-24(39)18-38(23)3)17-29(35)28-16-25(45-4)11-13-26(28)32(40)31(27)21-8-6-5-7-9-21/h10-14,16,21,23-24,29H,5-9,15,17-20H2,1-4H3,(H,36,41)/t23?,24?,29-,35-/m1/s1. The van der Waals surface area contributed by atoms with Gasteiger partial charge in [0.25, 0.3) is 5.91 Å². The minimum atomic E-state index is -3.96. The molecule has 0 radical (unpaired) electrons. The zero-order valence-corrected chi connectivity index (χ0v) is 27.9. The van der Waals surface area contributed by atoms with Gasteiger partial charge in [0.15, 0.2) is 0 Å². The fourth-order valence-corrected chi connectivity index (χ4v) is 9.62. The number of hydrogen-bond donors (Lipinski definition) is 1. The molecule has 46 heavy (non-hydrogen) atoms. The number of likely N-dealkylation sites (tertiary alicyclic amines) is 2. The monoisotopic (exact) mass is 645 g/mol. The lowest BCUT2D eigenvalue weighted by Gasteiger charge is -2.35. The average molecular weight is 646 g/mol. The van der Waals surface area contributed by atoms with Crippen LogP contribution in [0.1, 0.15) is 78.3 Å². The maximum Gasteiger partial charge on any atom is 0.303 e. The van der Waals surface area contributed by atoms with E-state index in [4.69, 9.17) is 4.74 Å². The van der Waals surface area contributed by atoms with Crippen LogP contribution in [-0.2, 0) is 21.5 Å². The van der Waals surface area contributed by atoms with E-state index >= 15 is 0 Å². The Morgan fingerprint density at radius 3 is 2.48 bits per heavy atom. The Kier molecular flexibility index (Phi) is 6.87. The number of methoxy groups -OCH3 is 1. The third-order valence-electron chi connectivity index (χ3n) is 11.7. The molecular weight excluding hydrogens is 602 g/mol. The summed E-state index contributed by atoms with van der Waals surface area (Å²) in [6, 6.07) is 12.6. The normalized spacial score (nSPS) is 27.3. The van der Waals surface area contributed by atoms with E-state index in [2.05, 4.69) is 38.3 Å². The SMILES string of the molecule is COc1ccc2c(c1)[C@H]1C[C@@]1(C(=O)N1CC3CC1CN3C)Cn1c-2c(C2CCCCC2)c2ccc(C(=O)NS(=O)(=O)N(C)C)cc21. The summed E-state index contributed by atoms with van der Waals surface area (Å²) in [7, 11) is 2.66. The van der Waals surface area contributed by atoms with Gasteiger partial charge in [0.05, 0.1) is 18.2 Å². The van der Waals surface area contributed by atoms with Gasteiger partial charge in [0, 0.05) is 73.8 Å². The number of fused-ring (bicyclic) bond motifs is 9. The molecule has 3 aliphatic heterocycles. The average Bonchev–Trinajstić information content (AvgIpc) is 3.29. The van der Waals surface area contributed by atoms with Gasteiger partial charge < -0.3 is 14.2 Å². The third kappa shape index (κ3) is 4.45. The van der Waals surface area contributed by atoms with Crippen molar-refractivity contribution in [1.29, 1.82) is 0 Å². The lowest BCUT2D eigenvalue weighted by Crippen LogP contribution is -2.50. The van der Waals surface area contributed by atoms with E-state index in [1.165, 1.54) is 44.5 Å². The predicted molar refractivity (Wildman–Crippen MR) is 176 cm³/mol. The number of ether oxygens (including phenoxy) is 1. The number of likely N-dealkylation sites (N-methyl/N-ethyl adjacent to an activating group) is 1. The number of rotatable bonds is 6. The number of benzene rings is 2. The van der Waals surface area contributed by atoms with Gasteiger partial charge in [0.2, 0.25) is 5.91 Å². The van der Waals surface area contributed by atoms with E-state index in [0.717, 1.165) is 71.0 Å². The van der Waals surface area contributed by atoms with E-state index in [0.29, 0.717) is 18.5 Å². The van der Waals surface area contributed by atoms with Crippen molar-refractivity contribution in [3.63, 3.8) is 0 Å². The van der Waals surface area contributed by atoms with Gasteiger partial charge in [-0.25, -0.2) is 4.72 Å². The molecule has 8 rings (SSSR count). The van der Waals surface area contributed by atoms with Gasteiger partial charge in [-0.1, -0.05) is 25.3 Å². The van der Waals surface area contributed by atoms with Crippen LogP contribution in [0.2, 0.25) is 0 Å². The minimum absolute atomic E-state index is 0.0767. The highest BCUT2D eigenvalue weighted by atomic mass is 32.2. The first-order chi connectivity index (χ1) is 22.0. The maximum atomic E-state index is 14.8. The molecule has 3 aromatic rings. The summed E-state index contributed by atoms with van der Waals surface area (Å²) in [5.74, 6) is 0.803. The molecule has 4 fully saturated rings. The Morgan fingerprint density at radius 1 is 1.02 bits per heavy atom. The molecule has 2 amide bonds. The fraction of sp³-hybridized carbons (Fsp3) is 0.543. The zero-order valence-electron chi connectivity index (χ0n) is 27.1. The van der Waals surface area contributed by atoms with E-state index in [9.17, 15) is 18.0 Å². The minimum Gasteiger partial charge on any atom is -0.497 e. The van der Waals surface area contributed by atoms with E-state index in [1.54, 1.807) is 13.2 Å². The van der Waals surface area contributed by atoms with Crippen molar-refractivity contribution < 1.29 is 22.7 Å². The summed E-state index contributed by atoms with van der Waals surface area (Å²) >= 11 is 0. The molecule has 244 valence electrons. The second kappa shape index (κ2) is 10.6. The summed E-state index contributed by atoms with van der Waals surface area (Å²) in [5, 5.41) is 1.08. The van der Waals surface area contributed by atoms with Crippen LogP contribution in [0, 0.1) is 5.41 Å².